The van der Waals surface area contributed by atoms with Gasteiger partial charge in [0.1, 0.15) is 0 Å². The summed E-state index contributed by atoms with van der Waals surface area (Å²) in [6.45, 7) is 2.30. The first kappa shape index (κ1) is 12.0. The van der Waals surface area contributed by atoms with Crippen molar-refractivity contribution in [3.8, 4) is 0 Å². The molecule has 18 heavy (non-hydrogen) atoms. The fourth-order valence-electron chi connectivity index (χ4n) is 1.53. The molecule has 1 aromatic heterocycles. The number of anilines is 1. The average Bonchev–Trinajstić information content (AvgIpc) is 2.37. The Hall–Kier alpha value is -2.43. The lowest BCUT2D eigenvalue weighted by Crippen LogP contribution is -2.09. The third-order valence-corrected chi connectivity index (χ3v) is 2.37. The lowest BCUT2D eigenvalue weighted by Gasteiger charge is -2.06. The molecular formula is C13H13N3O2. The topological polar surface area (TPSA) is 75.1 Å². The normalized spacial score (nSPS) is 10.1. The summed E-state index contributed by atoms with van der Waals surface area (Å²) in [5.74, 6) is -0.723. The third kappa shape index (κ3) is 3.04. The number of hydrogen-bond acceptors (Lipinski definition) is 4. The van der Waals surface area contributed by atoms with Crippen molar-refractivity contribution in [2.75, 3.05) is 5.32 Å². The number of benzene rings is 1. The van der Waals surface area contributed by atoms with E-state index in [0.717, 1.165) is 5.56 Å². The van der Waals surface area contributed by atoms with Crippen LogP contribution < -0.4 is 5.32 Å². The number of aryl methyl sites for hydroxylation is 1. The van der Waals surface area contributed by atoms with Crippen LogP contribution in [0.4, 0.5) is 5.95 Å². The zero-order valence-electron chi connectivity index (χ0n) is 9.92. The molecule has 0 radical (unpaired) electrons. The Labute approximate surface area is 105 Å². The van der Waals surface area contributed by atoms with Crippen molar-refractivity contribution in [3.63, 3.8) is 0 Å². The number of aromatic carboxylic acids is 1. The molecule has 1 aromatic carbocycles. The van der Waals surface area contributed by atoms with Crippen LogP contribution in [0, 0.1) is 6.92 Å². The fraction of sp³-hybridized carbons (Fsp3) is 0.154. The maximum absolute atomic E-state index is 10.9. The van der Waals surface area contributed by atoms with E-state index in [1.165, 1.54) is 6.07 Å². The van der Waals surface area contributed by atoms with Crippen molar-refractivity contribution < 1.29 is 9.90 Å². The molecule has 0 aliphatic carbocycles. The van der Waals surface area contributed by atoms with Crippen LogP contribution in [-0.2, 0) is 6.54 Å². The second-order valence-corrected chi connectivity index (χ2v) is 3.86. The van der Waals surface area contributed by atoms with Crippen molar-refractivity contribution in [1.82, 2.24) is 9.97 Å². The second-order valence-electron chi connectivity index (χ2n) is 3.86. The van der Waals surface area contributed by atoms with E-state index in [0.29, 0.717) is 18.2 Å². The van der Waals surface area contributed by atoms with Crippen LogP contribution >= 0.6 is 0 Å². The Kier molecular flexibility index (Phi) is 3.52. The van der Waals surface area contributed by atoms with Gasteiger partial charge in [-0.15, -0.1) is 0 Å². The number of hydrogen-bond donors (Lipinski definition) is 2. The number of nitrogens with zero attached hydrogens (tertiary/aromatic N) is 2. The molecule has 0 bridgehead atoms. The zero-order valence-corrected chi connectivity index (χ0v) is 9.92. The van der Waals surface area contributed by atoms with Crippen LogP contribution in [0.15, 0.2) is 36.4 Å². The molecule has 0 amide bonds. The smallest absolute Gasteiger partial charge is 0.354 e. The van der Waals surface area contributed by atoms with Crippen molar-refractivity contribution in [2.24, 2.45) is 0 Å². The Morgan fingerprint density at radius 1 is 1.28 bits per heavy atom. The molecule has 2 aromatic rings. The minimum Gasteiger partial charge on any atom is -0.477 e. The molecule has 2 N–H and O–H groups in total. The van der Waals surface area contributed by atoms with Crippen molar-refractivity contribution in [3.05, 3.63) is 53.3 Å². The number of nitrogens with one attached hydrogen (secondary N) is 1. The van der Waals surface area contributed by atoms with Gasteiger partial charge in [0.05, 0.1) is 0 Å². The van der Waals surface area contributed by atoms with Gasteiger partial charge in [0, 0.05) is 12.2 Å². The van der Waals surface area contributed by atoms with E-state index in [-0.39, 0.29) is 5.69 Å². The number of carbonyl (C=O) groups is 1. The van der Waals surface area contributed by atoms with E-state index in [2.05, 4.69) is 15.3 Å². The van der Waals surface area contributed by atoms with Crippen molar-refractivity contribution in [2.45, 2.75) is 13.5 Å². The maximum Gasteiger partial charge on any atom is 0.354 e. The van der Waals surface area contributed by atoms with Gasteiger partial charge in [-0.25, -0.2) is 14.8 Å². The lowest BCUT2D eigenvalue weighted by molar-refractivity contribution is 0.0690. The molecule has 0 spiro atoms. The van der Waals surface area contributed by atoms with Gasteiger partial charge in [-0.05, 0) is 18.6 Å². The van der Waals surface area contributed by atoms with Crippen molar-refractivity contribution >= 4 is 11.9 Å². The van der Waals surface area contributed by atoms with Gasteiger partial charge in [-0.3, -0.25) is 0 Å². The van der Waals surface area contributed by atoms with Gasteiger partial charge < -0.3 is 10.4 Å². The van der Waals surface area contributed by atoms with Crippen LogP contribution in [0.5, 0.6) is 0 Å². The second kappa shape index (κ2) is 5.27. The first-order chi connectivity index (χ1) is 8.65. The predicted octanol–water partition coefficient (Wildman–Crippen LogP) is 2.10. The molecule has 0 unspecified atom stereocenters. The predicted molar refractivity (Wildman–Crippen MR) is 67.5 cm³/mol. The number of aromatic nitrogens is 2. The minimum absolute atomic E-state index is 0.00179. The molecule has 0 saturated carbocycles. The molecule has 0 aliphatic rings. The highest BCUT2D eigenvalue weighted by atomic mass is 16.4. The summed E-state index contributed by atoms with van der Waals surface area (Å²) in [4.78, 5) is 18.9. The number of rotatable bonds is 4. The van der Waals surface area contributed by atoms with Crippen LogP contribution in [-0.4, -0.2) is 21.0 Å². The van der Waals surface area contributed by atoms with Crippen LogP contribution in [0.1, 0.15) is 21.7 Å². The monoisotopic (exact) mass is 243 g/mol. The highest BCUT2D eigenvalue weighted by Crippen LogP contribution is 2.07. The van der Waals surface area contributed by atoms with E-state index in [4.69, 9.17) is 5.11 Å². The quantitative estimate of drug-likeness (QED) is 0.860. The lowest BCUT2D eigenvalue weighted by atomic mass is 10.2. The Balaban J connectivity index is 2.12. The van der Waals surface area contributed by atoms with Gasteiger partial charge >= 0.3 is 5.97 Å². The van der Waals surface area contributed by atoms with E-state index < -0.39 is 5.97 Å². The highest BCUT2D eigenvalue weighted by Gasteiger charge is 2.08. The summed E-state index contributed by atoms with van der Waals surface area (Å²) >= 11 is 0. The first-order valence-electron chi connectivity index (χ1n) is 5.52. The molecule has 0 saturated heterocycles. The molecule has 0 aliphatic heterocycles. The van der Waals surface area contributed by atoms with Crippen LogP contribution in [0.2, 0.25) is 0 Å². The van der Waals surface area contributed by atoms with Gasteiger partial charge in [0.2, 0.25) is 5.95 Å². The summed E-state index contributed by atoms with van der Waals surface area (Å²) in [5, 5.41) is 11.9. The largest absolute Gasteiger partial charge is 0.477 e. The Morgan fingerprint density at radius 2 is 2.00 bits per heavy atom. The van der Waals surface area contributed by atoms with E-state index >= 15 is 0 Å². The van der Waals surface area contributed by atoms with Gasteiger partial charge in [0.15, 0.2) is 5.69 Å². The van der Waals surface area contributed by atoms with E-state index in [1.807, 2.05) is 30.3 Å². The summed E-state index contributed by atoms with van der Waals surface area (Å²) in [7, 11) is 0. The number of carboxylic acid groups (broad SMARTS) is 1. The van der Waals surface area contributed by atoms with Crippen LogP contribution in [0.3, 0.4) is 0 Å². The summed E-state index contributed by atoms with van der Waals surface area (Å²) < 4.78 is 0. The third-order valence-electron chi connectivity index (χ3n) is 2.37. The minimum atomic E-state index is -1.05. The molecule has 1 heterocycles. The molecule has 2 rings (SSSR count). The summed E-state index contributed by atoms with van der Waals surface area (Å²) in [5.41, 5.74) is 1.70. The SMILES string of the molecule is Cc1cc(C(=O)O)nc(NCc2ccccc2)n1. The van der Waals surface area contributed by atoms with Gasteiger partial charge in [-0.2, -0.15) is 0 Å². The zero-order chi connectivity index (χ0) is 13.0. The first-order valence-corrected chi connectivity index (χ1v) is 5.52. The molecule has 5 heteroatoms. The van der Waals surface area contributed by atoms with Gasteiger partial charge in [0.25, 0.3) is 0 Å². The van der Waals surface area contributed by atoms with Gasteiger partial charge in [-0.1, -0.05) is 30.3 Å². The summed E-state index contributed by atoms with van der Waals surface area (Å²) in [6, 6.07) is 11.2. The van der Waals surface area contributed by atoms with E-state index in [9.17, 15) is 4.79 Å². The van der Waals surface area contributed by atoms with Crippen LogP contribution in [0.25, 0.3) is 0 Å². The molecule has 0 atom stereocenters. The Bertz CT molecular complexity index is 555. The van der Waals surface area contributed by atoms with E-state index in [1.54, 1.807) is 6.92 Å². The maximum atomic E-state index is 10.9. The fourth-order valence-corrected chi connectivity index (χ4v) is 1.53. The highest BCUT2D eigenvalue weighted by molar-refractivity contribution is 5.85. The molecule has 5 nitrogen and oxygen atoms in total. The number of carboxylic acids is 1. The average molecular weight is 243 g/mol. The standard InChI is InChI=1S/C13H13N3O2/c1-9-7-11(12(17)18)16-13(15-9)14-8-10-5-3-2-4-6-10/h2-7H,8H2,1H3,(H,17,18)(H,14,15,16). The Morgan fingerprint density at radius 3 is 2.67 bits per heavy atom. The molecular weight excluding hydrogens is 230 g/mol. The van der Waals surface area contributed by atoms with Crippen molar-refractivity contribution in [1.29, 1.82) is 0 Å². The molecule has 92 valence electrons. The molecule has 0 fully saturated rings. The summed E-state index contributed by atoms with van der Waals surface area (Å²) in [6.07, 6.45) is 0.